The number of aliphatic hydroxyl groups is 3. The predicted molar refractivity (Wildman–Crippen MR) is 242 cm³/mol. The zero-order valence-electron chi connectivity index (χ0n) is 38.0. The van der Waals surface area contributed by atoms with Gasteiger partial charge in [0.15, 0.2) is 5.72 Å². The van der Waals surface area contributed by atoms with Gasteiger partial charge in [-0.15, -0.1) is 5.92 Å². The van der Waals surface area contributed by atoms with Crippen molar-refractivity contribution in [3.63, 3.8) is 0 Å². The summed E-state index contributed by atoms with van der Waals surface area (Å²) in [5.74, 6) is 6.64. The molecule has 9 nitrogen and oxygen atoms in total. The van der Waals surface area contributed by atoms with Gasteiger partial charge in [-0.3, -0.25) is 10.2 Å². The average molecular weight is 861 g/mol. The summed E-state index contributed by atoms with van der Waals surface area (Å²) < 4.78 is 12.7. The van der Waals surface area contributed by atoms with E-state index in [2.05, 4.69) is 85.1 Å². The van der Waals surface area contributed by atoms with Crippen LogP contribution in [0, 0.1) is 57.2 Å². The third-order valence-electron chi connectivity index (χ3n) is 18.0. The molecule has 2 bridgehead atoms. The van der Waals surface area contributed by atoms with Crippen LogP contribution >= 0.6 is 0 Å². The van der Waals surface area contributed by atoms with E-state index in [9.17, 15) is 20.1 Å². The van der Waals surface area contributed by atoms with Crippen LogP contribution in [0.4, 0.5) is 0 Å². The van der Waals surface area contributed by atoms with E-state index in [1.165, 1.54) is 17.2 Å². The summed E-state index contributed by atoms with van der Waals surface area (Å²) in [5.41, 5.74) is 3.47. The van der Waals surface area contributed by atoms with Gasteiger partial charge in [0.05, 0.1) is 34.1 Å². The van der Waals surface area contributed by atoms with Crippen molar-refractivity contribution in [2.24, 2.45) is 45.3 Å². The Kier molecular flexibility index (Phi) is 12.3. The number of carbonyl (C=O) groups is 2. The Hall–Kier alpha value is -3.52. The molecule has 2 spiro atoms. The van der Waals surface area contributed by atoms with Gasteiger partial charge < -0.3 is 24.8 Å². The first-order valence-electron chi connectivity index (χ1n) is 24.5. The van der Waals surface area contributed by atoms with E-state index in [0.29, 0.717) is 51.4 Å². The molecule has 3 heterocycles. The zero-order valence-corrected chi connectivity index (χ0v) is 38.0. The molecule has 5 N–H and O–H groups in total. The Labute approximate surface area is 375 Å². The normalized spacial score (nSPS) is 40.3. The fourth-order valence-corrected chi connectivity index (χ4v) is 15.1. The third-order valence-corrected chi connectivity index (χ3v) is 18.0. The van der Waals surface area contributed by atoms with Crippen molar-refractivity contribution < 1.29 is 34.4 Å². The maximum atomic E-state index is 15.6. The first-order chi connectivity index (χ1) is 30.3. The Morgan fingerprint density at radius 1 is 0.905 bits per heavy atom. The highest BCUT2D eigenvalue weighted by atomic mass is 16.6. The second kappa shape index (κ2) is 17.4. The van der Waals surface area contributed by atoms with Crippen LogP contribution in [-0.4, -0.2) is 63.4 Å². The molecule has 4 saturated carbocycles. The van der Waals surface area contributed by atoms with Gasteiger partial charge in [-0.05, 0) is 130 Å². The minimum absolute atomic E-state index is 0.0900. The second-order valence-electron chi connectivity index (χ2n) is 21.9. The molecule has 13 atom stereocenters. The molecule has 1 saturated heterocycles. The lowest BCUT2D eigenvalue weighted by Gasteiger charge is -2.73. The minimum Gasteiger partial charge on any atom is -0.458 e. The van der Waals surface area contributed by atoms with E-state index in [0.717, 1.165) is 63.4 Å². The van der Waals surface area contributed by atoms with Gasteiger partial charge in [-0.25, -0.2) is 10.2 Å². The highest BCUT2D eigenvalue weighted by Crippen LogP contribution is 2.74. The minimum atomic E-state index is -1.77. The Bertz CT molecular complexity index is 2080. The van der Waals surface area contributed by atoms with Gasteiger partial charge in [-0.1, -0.05) is 106 Å². The van der Waals surface area contributed by atoms with Crippen LogP contribution in [-0.2, 0) is 31.9 Å². The van der Waals surface area contributed by atoms with E-state index in [4.69, 9.17) is 9.47 Å². The molecule has 0 amide bonds. The van der Waals surface area contributed by atoms with Crippen LogP contribution in [0.2, 0.25) is 0 Å². The first-order valence-corrected chi connectivity index (χ1v) is 24.5. The van der Waals surface area contributed by atoms with Gasteiger partial charge in [0.1, 0.15) is 6.61 Å². The van der Waals surface area contributed by atoms with Crippen molar-refractivity contribution in [1.29, 1.82) is 0 Å². The zero-order chi connectivity index (χ0) is 44.1. The SMILES string of the molecule is C[C@H](CCCc1ccccc1)CC[C@H](O)[C@@]12[C@H](O)CC[C@@]3(C)[C@@H]4CCC[C@@H]4NN[C@@]4(C[C@](C)(C#CC[C@]5(CCC[C@@H](Cc6ccccc6)C5)C(=O)O4)[C@]1(O)CCC1=CC(=O)OC1)[C@@H]32. The average Bonchev–Trinajstić information content (AvgIpc) is 3.92. The summed E-state index contributed by atoms with van der Waals surface area (Å²) in [5, 5.41) is 41.1. The maximum absolute atomic E-state index is 15.6. The Morgan fingerprint density at radius 3 is 2.41 bits per heavy atom. The summed E-state index contributed by atoms with van der Waals surface area (Å²) in [6.45, 7) is 6.69. The van der Waals surface area contributed by atoms with Gasteiger partial charge in [0, 0.05) is 30.9 Å². The van der Waals surface area contributed by atoms with Gasteiger partial charge in [0.2, 0.25) is 0 Å². The number of cyclic esters (lactones) is 1. The van der Waals surface area contributed by atoms with Crippen molar-refractivity contribution in [2.75, 3.05) is 6.61 Å². The molecule has 0 unspecified atom stereocenters. The summed E-state index contributed by atoms with van der Waals surface area (Å²) in [6.07, 6.45) is 12.4. The Morgan fingerprint density at radius 2 is 1.67 bits per heavy atom. The van der Waals surface area contributed by atoms with Crippen molar-refractivity contribution in [1.82, 2.24) is 10.9 Å². The summed E-state index contributed by atoms with van der Waals surface area (Å²) in [6, 6.07) is 21.2. The number of benzene rings is 2. The predicted octanol–water partition coefficient (Wildman–Crippen LogP) is 8.30. The number of fused-ring (bicyclic) bond motifs is 3. The maximum Gasteiger partial charge on any atom is 0.331 e. The molecule has 7 aliphatic rings. The van der Waals surface area contributed by atoms with Crippen molar-refractivity contribution in [3.05, 3.63) is 83.4 Å². The van der Waals surface area contributed by atoms with Crippen LogP contribution < -0.4 is 10.9 Å². The molecule has 63 heavy (non-hydrogen) atoms. The summed E-state index contributed by atoms with van der Waals surface area (Å²) in [4.78, 5) is 28.0. The molecule has 340 valence electrons. The van der Waals surface area contributed by atoms with E-state index in [1.807, 2.05) is 19.1 Å². The topological polar surface area (TPSA) is 137 Å². The fraction of sp³-hybridized carbons (Fsp3) is 0.667. The van der Waals surface area contributed by atoms with E-state index in [1.54, 1.807) is 0 Å². The van der Waals surface area contributed by atoms with E-state index in [-0.39, 0.29) is 49.2 Å². The van der Waals surface area contributed by atoms with Crippen molar-refractivity contribution in [2.45, 2.75) is 172 Å². The highest BCUT2D eigenvalue weighted by Gasteiger charge is 2.82. The number of aryl methyl sites for hydroxylation is 1. The smallest absolute Gasteiger partial charge is 0.331 e. The number of carbonyl (C=O) groups excluding carboxylic acids is 2. The van der Waals surface area contributed by atoms with E-state index >= 15 is 4.79 Å². The lowest BCUT2D eigenvalue weighted by Crippen LogP contribution is -2.84. The number of hydrazine groups is 1. The number of aliphatic hydroxyl groups excluding tert-OH is 2. The first kappa shape index (κ1) is 44.7. The quantitative estimate of drug-likeness (QED) is 0.0996. The number of ether oxygens (including phenoxy) is 2. The number of nitrogens with one attached hydrogen (secondary N) is 2. The molecule has 4 aliphatic carbocycles. The second-order valence-corrected chi connectivity index (χ2v) is 21.9. The van der Waals surface area contributed by atoms with Gasteiger partial charge >= 0.3 is 11.9 Å². The molecule has 0 radical (unpaired) electrons. The lowest BCUT2D eigenvalue weighted by molar-refractivity contribution is -0.363. The molecule has 9 rings (SSSR count). The van der Waals surface area contributed by atoms with Gasteiger partial charge in [0.25, 0.3) is 0 Å². The molecule has 2 aromatic carbocycles. The highest BCUT2D eigenvalue weighted by molar-refractivity contribution is 5.85. The van der Waals surface area contributed by atoms with Crippen LogP contribution in [0.15, 0.2) is 72.3 Å². The van der Waals surface area contributed by atoms with Crippen LogP contribution in [0.3, 0.4) is 0 Å². The molecule has 2 aromatic rings. The molecular formula is C54H72N2O7. The number of rotatable bonds is 13. The monoisotopic (exact) mass is 861 g/mol. The standard InChI is InChI=1S/C54H72N2O7/c1-37(14-10-19-38-15-6-4-7-16-38)23-24-44(57)54-45(58)26-30-50(3)42-21-11-22-43(42)55-56-52(47(50)54)36-49(2,53(54,61)31-25-41-33-46(59)62-35-41)27-13-29-51(48(60)63-52)28-12-20-40(34-51)32-39-17-8-5-9-18-39/h4-9,15-18,33,37,40,42-45,47,55-58,61H,10-12,14,19-26,28-32,34-36H2,1-3H3/t37-,40+,42-,43+,44+,45-,47-,49+,50+,51+,52-,53-,54+/m1/s1. The molecule has 5 fully saturated rings. The lowest BCUT2D eigenvalue weighted by atomic mass is 9.34. The molecular weight excluding hydrogens is 789 g/mol. The number of hydrogen-bond donors (Lipinski definition) is 5. The summed E-state index contributed by atoms with van der Waals surface area (Å²) in [7, 11) is 0. The number of hydrogen-bond acceptors (Lipinski definition) is 9. The molecule has 3 aliphatic heterocycles. The van der Waals surface area contributed by atoms with Crippen molar-refractivity contribution in [3.8, 4) is 11.8 Å². The molecule has 9 heteroatoms. The molecule has 0 aromatic heterocycles. The Balaban J connectivity index is 1.15. The number of esters is 2. The fourth-order valence-electron chi connectivity index (χ4n) is 15.1. The summed E-state index contributed by atoms with van der Waals surface area (Å²) >= 11 is 0. The van der Waals surface area contributed by atoms with Crippen LogP contribution in [0.5, 0.6) is 0 Å². The van der Waals surface area contributed by atoms with E-state index < -0.39 is 57.1 Å². The van der Waals surface area contributed by atoms with Crippen molar-refractivity contribution >= 4 is 11.9 Å². The van der Waals surface area contributed by atoms with Crippen LogP contribution in [0.25, 0.3) is 0 Å². The third kappa shape index (κ3) is 7.72. The van der Waals surface area contributed by atoms with Gasteiger partial charge in [-0.2, -0.15) is 0 Å². The largest absolute Gasteiger partial charge is 0.458 e. The van der Waals surface area contributed by atoms with Crippen LogP contribution in [0.1, 0.15) is 141 Å².